The van der Waals surface area contributed by atoms with Crippen molar-refractivity contribution in [2.24, 2.45) is 4.99 Å². The number of aromatic nitrogens is 3. The Balaban J connectivity index is 1.23. The van der Waals surface area contributed by atoms with Gasteiger partial charge in [0.05, 0.1) is 12.8 Å². The molecule has 8 nitrogen and oxygen atoms in total. The van der Waals surface area contributed by atoms with Crippen molar-refractivity contribution in [1.29, 1.82) is 0 Å². The zero-order valence-corrected chi connectivity index (χ0v) is 17.6. The van der Waals surface area contributed by atoms with E-state index in [2.05, 4.69) is 66.9 Å². The van der Waals surface area contributed by atoms with E-state index in [0.29, 0.717) is 24.2 Å². The number of nitrogens with one attached hydrogen (secondary N) is 3. The minimum atomic E-state index is 0.415. The number of aromatic amines is 1. The van der Waals surface area contributed by atoms with Crippen molar-refractivity contribution in [3.8, 4) is 11.6 Å². The fourth-order valence-corrected chi connectivity index (χ4v) is 3.71. The zero-order chi connectivity index (χ0) is 20.8. The van der Waals surface area contributed by atoms with Crippen molar-refractivity contribution in [3.05, 3.63) is 59.6 Å². The maximum Gasteiger partial charge on any atom is 0.216 e. The zero-order valence-electron chi connectivity index (χ0n) is 17.6. The first kappa shape index (κ1) is 20.2. The fourth-order valence-electron chi connectivity index (χ4n) is 3.71. The number of furan rings is 1. The van der Waals surface area contributed by atoms with Crippen molar-refractivity contribution in [3.63, 3.8) is 0 Å². The highest BCUT2D eigenvalue weighted by Gasteiger charge is 2.20. The standard InChI is InChI=1S/C22H29N7O/c1-16-6-3-4-7-17(16)15-29-11-9-18(10-12-29)25-22(23-2)24-14-20-26-21(28-27-20)19-8-5-13-30-19/h3-8,13,18H,9-12,14-15H2,1-2H3,(H2,23,24,25)(H,26,27,28). The molecular formula is C22H29N7O. The van der Waals surface area contributed by atoms with Gasteiger partial charge in [0.15, 0.2) is 11.7 Å². The molecule has 158 valence electrons. The van der Waals surface area contributed by atoms with Gasteiger partial charge in [-0.05, 0) is 43.0 Å². The van der Waals surface area contributed by atoms with Gasteiger partial charge in [0.1, 0.15) is 5.82 Å². The number of hydrogen-bond donors (Lipinski definition) is 3. The fraction of sp³-hybridized carbons (Fsp3) is 0.409. The van der Waals surface area contributed by atoms with Gasteiger partial charge in [0, 0.05) is 32.7 Å². The summed E-state index contributed by atoms with van der Waals surface area (Å²) >= 11 is 0. The molecule has 3 N–H and O–H groups in total. The van der Waals surface area contributed by atoms with E-state index in [1.54, 1.807) is 13.3 Å². The first-order valence-corrected chi connectivity index (χ1v) is 10.4. The molecule has 30 heavy (non-hydrogen) atoms. The number of aryl methyl sites for hydroxylation is 1. The molecule has 0 bridgehead atoms. The van der Waals surface area contributed by atoms with E-state index in [4.69, 9.17) is 4.42 Å². The minimum Gasteiger partial charge on any atom is -0.461 e. The van der Waals surface area contributed by atoms with Crippen molar-refractivity contribution in [2.75, 3.05) is 20.1 Å². The molecule has 0 saturated carbocycles. The van der Waals surface area contributed by atoms with Crippen molar-refractivity contribution < 1.29 is 4.42 Å². The SMILES string of the molecule is CN=C(NCc1nc(-c2ccco2)n[nH]1)NC1CCN(Cc2ccccc2C)CC1. The minimum absolute atomic E-state index is 0.415. The average Bonchev–Trinajstić information content (AvgIpc) is 3.46. The van der Waals surface area contributed by atoms with Crippen LogP contribution in [0.1, 0.15) is 29.8 Å². The first-order chi connectivity index (χ1) is 14.7. The Morgan fingerprint density at radius 3 is 2.80 bits per heavy atom. The van der Waals surface area contributed by atoms with Gasteiger partial charge >= 0.3 is 0 Å². The summed E-state index contributed by atoms with van der Waals surface area (Å²) in [4.78, 5) is 11.3. The van der Waals surface area contributed by atoms with Crippen LogP contribution >= 0.6 is 0 Å². The van der Waals surface area contributed by atoms with Crippen LogP contribution in [0.4, 0.5) is 0 Å². The third-order valence-corrected chi connectivity index (χ3v) is 5.50. The summed E-state index contributed by atoms with van der Waals surface area (Å²) in [7, 11) is 1.79. The quantitative estimate of drug-likeness (QED) is 0.430. The average molecular weight is 408 g/mol. The lowest BCUT2D eigenvalue weighted by Crippen LogP contribution is -2.48. The van der Waals surface area contributed by atoms with Crippen molar-refractivity contribution in [1.82, 2.24) is 30.7 Å². The van der Waals surface area contributed by atoms with Gasteiger partial charge in [-0.2, -0.15) is 0 Å². The molecule has 1 saturated heterocycles. The number of H-pyrrole nitrogens is 1. The normalized spacial score (nSPS) is 16.0. The number of hydrogen-bond acceptors (Lipinski definition) is 5. The number of piperidine rings is 1. The van der Waals surface area contributed by atoms with Gasteiger partial charge in [-0.3, -0.25) is 15.0 Å². The molecule has 1 aliphatic heterocycles. The third-order valence-electron chi connectivity index (χ3n) is 5.50. The summed E-state index contributed by atoms with van der Waals surface area (Å²) in [6.45, 7) is 5.88. The van der Waals surface area contributed by atoms with E-state index in [1.807, 2.05) is 12.1 Å². The van der Waals surface area contributed by atoms with Crippen LogP contribution in [0.25, 0.3) is 11.6 Å². The molecule has 0 aliphatic carbocycles. The molecule has 0 atom stereocenters. The van der Waals surface area contributed by atoms with Gasteiger partial charge in [-0.15, -0.1) is 5.10 Å². The second-order valence-electron chi connectivity index (χ2n) is 7.63. The Bertz CT molecular complexity index is 956. The molecule has 0 amide bonds. The molecule has 3 heterocycles. The van der Waals surface area contributed by atoms with Crippen LogP contribution < -0.4 is 10.6 Å². The number of rotatable bonds is 6. The van der Waals surface area contributed by atoms with Crippen LogP contribution in [0, 0.1) is 6.92 Å². The summed E-state index contributed by atoms with van der Waals surface area (Å²) in [6.07, 6.45) is 3.80. The topological polar surface area (TPSA) is 94.4 Å². The monoisotopic (exact) mass is 407 g/mol. The highest BCUT2D eigenvalue weighted by Crippen LogP contribution is 2.16. The van der Waals surface area contributed by atoms with Crippen LogP contribution in [0.15, 0.2) is 52.1 Å². The second-order valence-corrected chi connectivity index (χ2v) is 7.63. The summed E-state index contributed by atoms with van der Waals surface area (Å²) < 4.78 is 5.33. The van der Waals surface area contributed by atoms with Gasteiger partial charge < -0.3 is 15.1 Å². The number of benzene rings is 1. The molecular weight excluding hydrogens is 378 g/mol. The highest BCUT2D eigenvalue weighted by atomic mass is 16.3. The summed E-state index contributed by atoms with van der Waals surface area (Å²) in [5.41, 5.74) is 2.78. The second kappa shape index (κ2) is 9.58. The summed E-state index contributed by atoms with van der Waals surface area (Å²) in [5.74, 6) is 2.72. The van der Waals surface area contributed by atoms with E-state index in [9.17, 15) is 0 Å². The smallest absolute Gasteiger partial charge is 0.216 e. The molecule has 1 aromatic carbocycles. The van der Waals surface area contributed by atoms with Crippen LogP contribution in [-0.4, -0.2) is 52.2 Å². The lowest BCUT2D eigenvalue weighted by Gasteiger charge is -2.33. The Morgan fingerprint density at radius 2 is 2.07 bits per heavy atom. The third kappa shape index (κ3) is 5.07. The number of guanidine groups is 1. The van der Waals surface area contributed by atoms with Gasteiger partial charge in [-0.25, -0.2) is 4.98 Å². The first-order valence-electron chi connectivity index (χ1n) is 10.4. The molecule has 3 aromatic rings. The maximum atomic E-state index is 5.33. The molecule has 8 heteroatoms. The molecule has 0 spiro atoms. The highest BCUT2D eigenvalue weighted by molar-refractivity contribution is 5.79. The molecule has 1 fully saturated rings. The van der Waals surface area contributed by atoms with Crippen LogP contribution in [0.5, 0.6) is 0 Å². The summed E-state index contributed by atoms with van der Waals surface area (Å²) in [6, 6.07) is 12.7. The maximum absolute atomic E-state index is 5.33. The summed E-state index contributed by atoms with van der Waals surface area (Å²) in [5, 5.41) is 14.0. The number of aliphatic imine (C=N–C) groups is 1. The molecule has 2 aromatic heterocycles. The van der Waals surface area contributed by atoms with Crippen LogP contribution in [0.2, 0.25) is 0 Å². The van der Waals surface area contributed by atoms with E-state index in [0.717, 1.165) is 44.3 Å². The lowest BCUT2D eigenvalue weighted by molar-refractivity contribution is 0.198. The van der Waals surface area contributed by atoms with Gasteiger partial charge in [0.25, 0.3) is 0 Å². The van der Waals surface area contributed by atoms with Crippen molar-refractivity contribution in [2.45, 2.75) is 38.9 Å². The van der Waals surface area contributed by atoms with Crippen LogP contribution in [0.3, 0.4) is 0 Å². The largest absolute Gasteiger partial charge is 0.461 e. The van der Waals surface area contributed by atoms with E-state index < -0.39 is 0 Å². The van der Waals surface area contributed by atoms with Crippen LogP contribution in [-0.2, 0) is 13.1 Å². The Morgan fingerprint density at radius 1 is 1.23 bits per heavy atom. The van der Waals surface area contributed by atoms with E-state index in [-0.39, 0.29) is 0 Å². The molecule has 1 aliphatic rings. The Kier molecular flexibility index (Phi) is 6.44. The van der Waals surface area contributed by atoms with Crippen molar-refractivity contribution >= 4 is 5.96 Å². The molecule has 4 rings (SSSR count). The number of likely N-dealkylation sites (tertiary alicyclic amines) is 1. The lowest BCUT2D eigenvalue weighted by atomic mass is 10.0. The predicted molar refractivity (Wildman–Crippen MR) is 117 cm³/mol. The Hall–Kier alpha value is -3.13. The molecule has 0 radical (unpaired) electrons. The Labute approximate surface area is 176 Å². The number of nitrogens with zero attached hydrogens (tertiary/aromatic N) is 4. The van der Waals surface area contributed by atoms with E-state index in [1.165, 1.54) is 11.1 Å². The van der Waals surface area contributed by atoms with Gasteiger partial charge in [-0.1, -0.05) is 24.3 Å². The predicted octanol–water partition coefficient (Wildman–Crippen LogP) is 2.70. The molecule has 0 unspecified atom stereocenters. The van der Waals surface area contributed by atoms with Gasteiger partial charge in [0.2, 0.25) is 5.82 Å². The van der Waals surface area contributed by atoms with E-state index >= 15 is 0 Å².